The molecule has 2 aliphatic rings. The summed E-state index contributed by atoms with van der Waals surface area (Å²) in [6.45, 7) is 32.4. The highest BCUT2D eigenvalue weighted by Gasteiger charge is 2.54. The molecule has 0 bridgehead atoms. The van der Waals surface area contributed by atoms with Crippen molar-refractivity contribution in [3.8, 4) is 0 Å². The van der Waals surface area contributed by atoms with Crippen LogP contribution < -0.4 is 0 Å². The van der Waals surface area contributed by atoms with Crippen molar-refractivity contribution in [3.63, 3.8) is 0 Å². The third kappa shape index (κ3) is 27.4. The molecule has 2 rings (SSSR count). The number of carbonyl (C=O) groups is 2. The second-order valence-corrected chi connectivity index (χ2v) is 26.5. The first-order valence-corrected chi connectivity index (χ1v) is 34.8. The highest BCUT2D eigenvalue weighted by atomic mass is 16.5. The summed E-state index contributed by atoms with van der Waals surface area (Å²) in [5, 5.41) is 0. The van der Waals surface area contributed by atoms with E-state index in [1.807, 2.05) is 0 Å². The van der Waals surface area contributed by atoms with E-state index in [1.165, 1.54) is 167 Å². The largest absolute Gasteiger partial charge is 0.464 e. The Morgan fingerprint density at radius 3 is 0.872 bits per heavy atom. The van der Waals surface area contributed by atoms with Gasteiger partial charge in [-0.3, -0.25) is 19.4 Å². The summed E-state index contributed by atoms with van der Waals surface area (Å²) in [4.78, 5) is 31.0. The second kappa shape index (κ2) is 43.4. The second-order valence-electron chi connectivity index (χ2n) is 26.5. The lowest BCUT2D eigenvalue weighted by atomic mass is 9.68. The van der Waals surface area contributed by atoms with Crippen LogP contribution >= 0.6 is 0 Å². The molecule has 0 radical (unpaired) electrons. The lowest BCUT2D eigenvalue weighted by molar-refractivity contribution is -0.165. The number of ether oxygens (including phenoxy) is 4. The monoisotopic (exact) mass is 1100 g/mol. The van der Waals surface area contributed by atoms with Gasteiger partial charge in [-0.2, -0.15) is 0 Å². The van der Waals surface area contributed by atoms with Crippen LogP contribution in [-0.4, -0.2) is 95.6 Å². The van der Waals surface area contributed by atoms with Crippen LogP contribution in [0.15, 0.2) is 0 Å². The molecule has 0 saturated carbocycles. The van der Waals surface area contributed by atoms with Crippen molar-refractivity contribution in [1.29, 1.82) is 0 Å². The lowest BCUT2D eigenvalue weighted by Gasteiger charge is -2.60. The maximum absolute atomic E-state index is 12.8. The van der Waals surface area contributed by atoms with E-state index in [4.69, 9.17) is 18.9 Å². The van der Waals surface area contributed by atoms with E-state index in [1.54, 1.807) is 0 Å². The van der Waals surface area contributed by atoms with Gasteiger partial charge in [0.1, 0.15) is 13.2 Å². The first-order chi connectivity index (χ1) is 37.7. The molecule has 0 aromatic rings. The SMILES string of the molecule is CCCCCCCCCCCCCCCCCC(=O)OCCN1C(C)(CC)CC(OCCCCCCOC2CC(C)(CC)N(CCOC(=O)CCCCCCCCCCCCCCCCC)C(C)(CC)C2C)C(C)C1(C)CC. The number of esters is 2. The van der Waals surface area contributed by atoms with E-state index in [0.29, 0.717) is 37.9 Å². The molecule has 2 heterocycles. The Labute approximate surface area is 486 Å². The van der Waals surface area contributed by atoms with Gasteiger partial charge in [0.25, 0.3) is 0 Å². The van der Waals surface area contributed by atoms with Crippen LogP contribution in [0.4, 0.5) is 0 Å². The Kier molecular flexibility index (Phi) is 40.6. The van der Waals surface area contributed by atoms with Crippen molar-refractivity contribution in [2.45, 2.75) is 387 Å². The topological polar surface area (TPSA) is 77.5 Å². The van der Waals surface area contributed by atoms with E-state index in [-0.39, 0.29) is 46.3 Å². The minimum atomic E-state index is -0.0293. The first-order valence-electron chi connectivity index (χ1n) is 34.8. The molecule has 8 heteroatoms. The predicted octanol–water partition coefficient (Wildman–Crippen LogP) is 20.3. The highest BCUT2D eigenvalue weighted by molar-refractivity contribution is 5.69. The summed E-state index contributed by atoms with van der Waals surface area (Å²) in [7, 11) is 0. The van der Waals surface area contributed by atoms with Crippen LogP contribution in [-0.2, 0) is 28.5 Å². The molecule has 0 amide bonds. The Bertz CT molecular complexity index is 1360. The van der Waals surface area contributed by atoms with E-state index < -0.39 is 0 Å². The molecule has 0 aliphatic carbocycles. The number of unbranched alkanes of at least 4 members (excludes halogenated alkanes) is 31. The summed E-state index contributed by atoms with van der Waals surface area (Å²) in [6.07, 6.45) is 52.1. The fourth-order valence-electron chi connectivity index (χ4n) is 14.1. The molecule has 462 valence electrons. The molecule has 8 unspecified atom stereocenters. The summed E-state index contributed by atoms with van der Waals surface area (Å²) in [5.74, 6) is 0.707. The van der Waals surface area contributed by atoms with Gasteiger partial charge in [0, 0.05) is 73.1 Å². The maximum atomic E-state index is 12.8. The molecule has 0 aromatic carbocycles. The van der Waals surface area contributed by atoms with Gasteiger partial charge in [-0.25, -0.2) is 0 Å². The number of rotatable bonds is 51. The predicted molar refractivity (Wildman–Crippen MR) is 335 cm³/mol. The third-order valence-corrected chi connectivity index (χ3v) is 20.7. The Balaban J connectivity index is 1.65. The Morgan fingerprint density at radius 1 is 0.359 bits per heavy atom. The molecule has 2 saturated heterocycles. The van der Waals surface area contributed by atoms with E-state index in [0.717, 1.165) is 116 Å². The number of carbonyl (C=O) groups excluding carboxylic acids is 2. The van der Waals surface area contributed by atoms with Crippen LogP contribution in [0.25, 0.3) is 0 Å². The smallest absolute Gasteiger partial charge is 0.305 e. The van der Waals surface area contributed by atoms with Gasteiger partial charge in [0.2, 0.25) is 0 Å². The van der Waals surface area contributed by atoms with Gasteiger partial charge in [0.15, 0.2) is 0 Å². The number of nitrogens with zero attached hydrogens (tertiary/aromatic N) is 2. The summed E-state index contributed by atoms with van der Waals surface area (Å²) < 4.78 is 25.5. The molecule has 2 aliphatic heterocycles. The minimum absolute atomic E-state index is 0.00721. The fraction of sp³-hybridized carbons (Fsp3) is 0.971. The first kappa shape index (κ1) is 72.9. The molecular weight excluding hydrogens is 965 g/mol. The number of likely N-dealkylation sites (tertiary alicyclic amines) is 2. The van der Waals surface area contributed by atoms with Gasteiger partial charge in [0.05, 0.1) is 12.2 Å². The zero-order valence-corrected chi connectivity index (χ0v) is 54.6. The number of hydrogen-bond donors (Lipinski definition) is 0. The van der Waals surface area contributed by atoms with Gasteiger partial charge >= 0.3 is 11.9 Å². The molecule has 2 fully saturated rings. The average Bonchev–Trinajstić information content (AvgIpc) is 3.57. The van der Waals surface area contributed by atoms with E-state index in [9.17, 15) is 9.59 Å². The molecule has 0 N–H and O–H groups in total. The van der Waals surface area contributed by atoms with E-state index in [2.05, 4.69) is 92.9 Å². The van der Waals surface area contributed by atoms with Crippen LogP contribution in [0, 0.1) is 11.8 Å². The van der Waals surface area contributed by atoms with Gasteiger partial charge in [-0.1, -0.05) is 248 Å². The Hall–Kier alpha value is -1.22. The summed E-state index contributed by atoms with van der Waals surface area (Å²) in [6, 6.07) is 0. The van der Waals surface area contributed by atoms with Crippen LogP contribution in [0.1, 0.15) is 353 Å². The van der Waals surface area contributed by atoms with Gasteiger partial charge < -0.3 is 18.9 Å². The van der Waals surface area contributed by atoms with Crippen LogP contribution in [0.5, 0.6) is 0 Å². The zero-order valence-electron chi connectivity index (χ0n) is 54.6. The molecule has 8 atom stereocenters. The highest BCUT2D eigenvalue weighted by Crippen LogP contribution is 2.48. The zero-order chi connectivity index (χ0) is 57.4. The minimum Gasteiger partial charge on any atom is -0.464 e. The molecular formula is C70H136N2O6. The van der Waals surface area contributed by atoms with Crippen molar-refractivity contribution in [1.82, 2.24) is 9.80 Å². The molecule has 0 spiro atoms. The van der Waals surface area contributed by atoms with Crippen molar-refractivity contribution in [2.75, 3.05) is 39.5 Å². The molecule has 78 heavy (non-hydrogen) atoms. The maximum Gasteiger partial charge on any atom is 0.305 e. The molecule has 8 nitrogen and oxygen atoms in total. The van der Waals surface area contributed by atoms with Crippen molar-refractivity contribution in [3.05, 3.63) is 0 Å². The normalized spacial score (nSPS) is 25.9. The van der Waals surface area contributed by atoms with Gasteiger partial charge in [-0.05, 0) is 91.9 Å². The van der Waals surface area contributed by atoms with Crippen molar-refractivity contribution in [2.24, 2.45) is 11.8 Å². The summed E-state index contributed by atoms with van der Waals surface area (Å²) >= 11 is 0. The quantitative estimate of drug-likeness (QED) is 0.0440. The summed E-state index contributed by atoms with van der Waals surface area (Å²) in [5.41, 5.74) is -0.0730. The van der Waals surface area contributed by atoms with Gasteiger partial charge in [-0.15, -0.1) is 0 Å². The van der Waals surface area contributed by atoms with Crippen LogP contribution in [0.2, 0.25) is 0 Å². The van der Waals surface area contributed by atoms with E-state index >= 15 is 0 Å². The van der Waals surface area contributed by atoms with Crippen molar-refractivity contribution < 1.29 is 28.5 Å². The molecule has 0 aromatic heterocycles. The van der Waals surface area contributed by atoms with Crippen LogP contribution in [0.3, 0.4) is 0 Å². The Morgan fingerprint density at radius 2 is 0.615 bits per heavy atom. The average molecular weight is 1100 g/mol. The standard InChI is InChI=1S/C70H136N2O6/c1-13-19-21-23-25-27-29-31-33-35-37-39-41-43-47-51-65(73)77-57-53-71-67(9,15-3)59-63(61(7)69(71,11)17-5)75-55-49-45-46-50-56-76-64-60-68(10,16-4)72(70(12,18-6)62(64)8)54-58-78-66(74)52-48-44-42-40-38-36-34-32-30-28-26-24-22-20-14-2/h61-64H,13-60H2,1-12H3. The van der Waals surface area contributed by atoms with Crippen molar-refractivity contribution >= 4 is 11.9 Å². The third-order valence-electron chi connectivity index (χ3n) is 20.7. The lowest BCUT2D eigenvalue weighted by Crippen LogP contribution is -2.68. The fourth-order valence-corrected chi connectivity index (χ4v) is 14.1. The number of hydrogen-bond acceptors (Lipinski definition) is 8. The number of piperidine rings is 2.